The fourth-order valence-electron chi connectivity index (χ4n) is 2.19. The van der Waals surface area contributed by atoms with Crippen LogP contribution in [-0.2, 0) is 4.79 Å². The fourth-order valence-corrected chi connectivity index (χ4v) is 2.89. The summed E-state index contributed by atoms with van der Waals surface area (Å²) < 4.78 is 0. The first-order chi connectivity index (χ1) is 10.3. The van der Waals surface area contributed by atoms with Crippen molar-refractivity contribution in [2.45, 2.75) is 25.9 Å². The van der Waals surface area contributed by atoms with E-state index >= 15 is 0 Å². The molecule has 2 N–H and O–H groups in total. The molecule has 110 valence electrons. The van der Waals surface area contributed by atoms with Crippen LogP contribution in [0, 0.1) is 0 Å². The third kappa shape index (κ3) is 3.06. The van der Waals surface area contributed by atoms with Gasteiger partial charge >= 0.3 is 0 Å². The van der Waals surface area contributed by atoms with Crippen molar-refractivity contribution in [2.75, 3.05) is 6.54 Å². The number of thiophene rings is 1. The average molecular weight is 302 g/mol. The van der Waals surface area contributed by atoms with E-state index in [2.05, 4.69) is 28.7 Å². The Hall–Kier alpha value is -1.92. The predicted octanol–water partition coefficient (Wildman–Crippen LogP) is 2.34. The first-order valence-electron chi connectivity index (χ1n) is 7.12. The number of amidine groups is 1. The van der Waals surface area contributed by atoms with Crippen molar-refractivity contribution >= 4 is 23.1 Å². The van der Waals surface area contributed by atoms with Crippen LogP contribution >= 0.6 is 11.3 Å². The van der Waals surface area contributed by atoms with Crippen molar-refractivity contribution in [3.05, 3.63) is 46.3 Å². The summed E-state index contributed by atoms with van der Waals surface area (Å²) in [7, 11) is 0. The maximum atomic E-state index is 12.0. The molecule has 1 aromatic heterocycles. The Morgan fingerprint density at radius 3 is 3.24 bits per heavy atom. The van der Waals surface area contributed by atoms with Crippen molar-refractivity contribution in [3.63, 3.8) is 0 Å². The number of fused-ring (bicyclic) bond motifs is 1. The van der Waals surface area contributed by atoms with E-state index in [1.807, 2.05) is 34.8 Å². The Bertz CT molecular complexity index is 603. The second kappa shape index (κ2) is 6.24. The summed E-state index contributed by atoms with van der Waals surface area (Å²) >= 11 is 1.67. The van der Waals surface area contributed by atoms with Gasteiger partial charge < -0.3 is 5.32 Å². The summed E-state index contributed by atoms with van der Waals surface area (Å²) in [5.74, 6) is 0.734. The third-order valence-corrected chi connectivity index (χ3v) is 4.27. The number of carbonyl (C=O) groups is 1. The number of aliphatic imine (C=N–C) groups is 1. The van der Waals surface area contributed by atoms with Crippen molar-refractivity contribution in [2.24, 2.45) is 4.99 Å². The molecule has 3 rings (SSSR count). The molecule has 21 heavy (non-hydrogen) atoms. The maximum absolute atomic E-state index is 12.0. The highest BCUT2D eigenvalue weighted by atomic mass is 32.1. The lowest BCUT2D eigenvalue weighted by Gasteiger charge is -2.19. The second-order valence-electron chi connectivity index (χ2n) is 4.93. The van der Waals surface area contributed by atoms with Crippen molar-refractivity contribution < 1.29 is 4.79 Å². The van der Waals surface area contributed by atoms with E-state index in [0.717, 1.165) is 23.6 Å². The molecule has 2 aliphatic rings. The molecule has 0 aliphatic carbocycles. The molecular weight excluding hydrogens is 284 g/mol. The Labute approximate surface area is 128 Å². The summed E-state index contributed by atoms with van der Waals surface area (Å²) in [5.41, 5.74) is 3.93. The number of nitrogens with zero attached hydrogens (tertiary/aromatic N) is 2. The maximum Gasteiger partial charge on any atom is 0.251 e. The van der Waals surface area contributed by atoms with Gasteiger partial charge in [-0.1, -0.05) is 19.4 Å². The minimum atomic E-state index is -0.0663. The summed E-state index contributed by atoms with van der Waals surface area (Å²) in [6.45, 7) is 2.82. The highest BCUT2D eigenvalue weighted by Gasteiger charge is 2.26. The van der Waals surface area contributed by atoms with Crippen LogP contribution in [0.2, 0.25) is 0 Å². The molecule has 6 heteroatoms. The van der Waals surface area contributed by atoms with E-state index in [9.17, 15) is 4.79 Å². The minimum absolute atomic E-state index is 0.0402. The number of hydrogen-bond acceptors (Lipinski definition) is 5. The number of hydrogen-bond donors (Lipinski definition) is 2. The SMILES string of the molecule is CCCCNC(=O)C1=CC2=NC(c3cccs3)NN2C=C1. The van der Waals surface area contributed by atoms with Gasteiger partial charge in [-0.2, -0.15) is 5.43 Å². The largest absolute Gasteiger partial charge is 0.352 e. The highest BCUT2D eigenvalue weighted by Crippen LogP contribution is 2.26. The van der Waals surface area contributed by atoms with Crippen LogP contribution in [-0.4, -0.2) is 23.3 Å². The van der Waals surface area contributed by atoms with Crippen molar-refractivity contribution in [1.82, 2.24) is 15.8 Å². The summed E-state index contributed by atoms with van der Waals surface area (Å²) in [6.07, 6.45) is 7.48. The Morgan fingerprint density at radius 1 is 1.57 bits per heavy atom. The van der Waals surface area contributed by atoms with E-state index < -0.39 is 0 Å². The molecule has 0 spiro atoms. The quantitative estimate of drug-likeness (QED) is 0.821. The van der Waals surface area contributed by atoms with Gasteiger partial charge in [0.05, 0.1) is 0 Å². The monoisotopic (exact) mass is 302 g/mol. The number of nitrogens with one attached hydrogen (secondary N) is 2. The summed E-state index contributed by atoms with van der Waals surface area (Å²) in [4.78, 5) is 17.8. The molecule has 0 saturated carbocycles. The zero-order valence-electron chi connectivity index (χ0n) is 11.9. The second-order valence-corrected chi connectivity index (χ2v) is 5.91. The van der Waals surface area contributed by atoms with Crippen LogP contribution in [0.5, 0.6) is 0 Å². The molecule has 0 bridgehead atoms. The van der Waals surface area contributed by atoms with Gasteiger partial charge in [0, 0.05) is 23.2 Å². The third-order valence-electron chi connectivity index (χ3n) is 3.35. The van der Waals surface area contributed by atoms with Crippen LogP contribution in [0.4, 0.5) is 0 Å². The van der Waals surface area contributed by atoms with E-state index in [0.29, 0.717) is 12.1 Å². The first kappa shape index (κ1) is 14.0. The minimum Gasteiger partial charge on any atom is -0.352 e. The van der Waals surface area contributed by atoms with Gasteiger partial charge in [-0.15, -0.1) is 11.3 Å². The lowest BCUT2D eigenvalue weighted by Crippen LogP contribution is -2.35. The van der Waals surface area contributed by atoms with Gasteiger partial charge in [-0.3, -0.25) is 9.80 Å². The van der Waals surface area contributed by atoms with E-state index in [-0.39, 0.29) is 12.1 Å². The molecule has 1 aromatic rings. The topological polar surface area (TPSA) is 56.7 Å². The molecule has 2 aliphatic heterocycles. The van der Waals surface area contributed by atoms with Crippen LogP contribution in [0.25, 0.3) is 0 Å². The average Bonchev–Trinajstić information content (AvgIpc) is 3.15. The number of amides is 1. The number of rotatable bonds is 5. The molecule has 0 saturated heterocycles. The van der Waals surface area contributed by atoms with Crippen LogP contribution in [0.15, 0.2) is 46.4 Å². The molecular formula is C15H18N4OS. The van der Waals surface area contributed by atoms with Crippen molar-refractivity contribution in [1.29, 1.82) is 0 Å². The Morgan fingerprint density at radius 2 is 2.48 bits per heavy atom. The molecule has 3 heterocycles. The van der Waals surface area contributed by atoms with Crippen LogP contribution < -0.4 is 10.7 Å². The smallest absolute Gasteiger partial charge is 0.251 e. The predicted molar refractivity (Wildman–Crippen MR) is 84.6 cm³/mol. The van der Waals surface area contributed by atoms with E-state index in [1.165, 1.54) is 0 Å². The Balaban J connectivity index is 1.70. The highest BCUT2D eigenvalue weighted by molar-refractivity contribution is 7.10. The normalized spacial score (nSPS) is 20.0. The zero-order valence-corrected chi connectivity index (χ0v) is 12.7. The lowest BCUT2D eigenvalue weighted by atomic mass is 10.1. The molecule has 5 nitrogen and oxygen atoms in total. The Kier molecular flexibility index (Phi) is 4.17. The fraction of sp³-hybridized carbons (Fsp3) is 0.333. The molecule has 1 amide bonds. The first-order valence-corrected chi connectivity index (χ1v) is 8.00. The lowest BCUT2D eigenvalue weighted by molar-refractivity contribution is -0.117. The molecule has 1 atom stereocenters. The number of carbonyl (C=O) groups excluding carboxylic acids is 1. The zero-order chi connectivity index (χ0) is 14.7. The van der Waals surface area contributed by atoms with Crippen LogP contribution in [0.1, 0.15) is 30.8 Å². The molecule has 0 radical (unpaired) electrons. The molecule has 0 fully saturated rings. The van der Waals surface area contributed by atoms with Gasteiger partial charge in [0.25, 0.3) is 5.91 Å². The summed E-state index contributed by atoms with van der Waals surface area (Å²) in [5, 5.41) is 6.81. The van der Waals surface area contributed by atoms with Gasteiger partial charge in [0.2, 0.25) is 0 Å². The standard InChI is InChI=1S/C15H18N4OS/c1-2-3-7-16-15(20)11-6-8-19-13(10-11)17-14(18-19)12-5-4-9-21-12/h4-6,8-10,14,18H,2-3,7H2,1H3,(H,16,20). The van der Waals surface area contributed by atoms with Gasteiger partial charge in [0.1, 0.15) is 5.84 Å². The van der Waals surface area contributed by atoms with E-state index in [1.54, 1.807) is 11.3 Å². The summed E-state index contributed by atoms with van der Waals surface area (Å²) in [6, 6.07) is 4.06. The van der Waals surface area contributed by atoms with Gasteiger partial charge in [-0.25, -0.2) is 4.99 Å². The van der Waals surface area contributed by atoms with Crippen LogP contribution in [0.3, 0.4) is 0 Å². The molecule has 0 aromatic carbocycles. The number of unbranched alkanes of at least 4 members (excludes halogenated alkanes) is 1. The van der Waals surface area contributed by atoms with E-state index in [4.69, 9.17) is 0 Å². The molecule has 1 unspecified atom stereocenters. The van der Waals surface area contributed by atoms with Crippen molar-refractivity contribution in [3.8, 4) is 0 Å². The van der Waals surface area contributed by atoms with Gasteiger partial charge in [0.15, 0.2) is 6.17 Å². The number of hydrazine groups is 1. The van der Waals surface area contributed by atoms with Gasteiger partial charge in [-0.05, 0) is 30.0 Å².